The SMILES string of the molecule is NC1CCN(c2c(F)cccc2F)N1. The molecule has 0 aromatic heterocycles. The lowest BCUT2D eigenvalue weighted by atomic mass is 10.3. The summed E-state index contributed by atoms with van der Waals surface area (Å²) in [5.41, 5.74) is 8.29. The van der Waals surface area contributed by atoms with E-state index in [9.17, 15) is 8.78 Å². The van der Waals surface area contributed by atoms with Crippen LogP contribution in [0.25, 0.3) is 0 Å². The molecular weight excluding hydrogens is 188 g/mol. The fourth-order valence-electron chi connectivity index (χ4n) is 1.52. The predicted molar refractivity (Wildman–Crippen MR) is 49.4 cm³/mol. The third-order valence-corrected chi connectivity index (χ3v) is 2.19. The molecular formula is C9H11F2N3. The van der Waals surface area contributed by atoms with Crippen LogP contribution in [-0.4, -0.2) is 12.7 Å². The van der Waals surface area contributed by atoms with Crippen molar-refractivity contribution in [3.05, 3.63) is 29.8 Å². The van der Waals surface area contributed by atoms with Gasteiger partial charge in [0.2, 0.25) is 0 Å². The minimum absolute atomic E-state index is 0.0551. The number of para-hydroxylation sites is 1. The summed E-state index contributed by atoms with van der Waals surface area (Å²) in [6.07, 6.45) is 0.447. The number of benzene rings is 1. The topological polar surface area (TPSA) is 41.3 Å². The minimum atomic E-state index is -0.577. The van der Waals surface area contributed by atoms with Crippen molar-refractivity contribution in [2.75, 3.05) is 11.6 Å². The van der Waals surface area contributed by atoms with Gasteiger partial charge in [-0.2, -0.15) is 0 Å². The molecule has 1 aliphatic rings. The highest BCUT2D eigenvalue weighted by molar-refractivity contribution is 5.48. The molecule has 0 radical (unpaired) electrons. The molecule has 0 amide bonds. The average Bonchev–Trinajstić information content (AvgIpc) is 2.51. The Bertz CT molecular complexity index is 323. The first-order valence-corrected chi connectivity index (χ1v) is 4.42. The van der Waals surface area contributed by atoms with Gasteiger partial charge in [-0.3, -0.25) is 0 Å². The zero-order valence-corrected chi connectivity index (χ0v) is 7.50. The fourth-order valence-corrected chi connectivity index (χ4v) is 1.52. The summed E-state index contributed by atoms with van der Waals surface area (Å²) in [6, 6.07) is 3.79. The summed E-state index contributed by atoms with van der Waals surface area (Å²) in [4.78, 5) is 0. The summed E-state index contributed by atoms with van der Waals surface area (Å²) >= 11 is 0. The Balaban J connectivity index is 2.31. The van der Waals surface area contributed by atoms with Gasteiger partial charge >= 0.3 is 0 Å². The molecule has 3 nitrogen and oxygen atoms in total. The van der Waals surface area contributed by atoms with Gasteiger partial charge in [-0.1, -0.05) is 6.07 Å². The molecule has 0 aliphatic carbocycles. The van der Waals surface area contributed by atoms with Crippen LogP contribution >= 0.6 is 0 Å². The van der Waals surface area contributed by atoms with Gasteiger partial charge in [0, 0.05) is 6.54 Å². The van der Waals surface area contributed by atoms with Gasteiger partial charge in [-0.25, -0.2) is 14.2 Å². The predicted octanol–water partition coefficient (Wildman–Crippen LogP) is 0.964. The van der Waals surface area contributed by atoms with E-state index in [-0.39, 0.29) is 11.9 Å². The van der Waals surface area contributed by atoms with Gasteiger partial charge in [0.25, 0.3) is 0 Å². The van der Waals surface area contributed by atoms with E-state index in [1.165, 1.54) is 23.2 Å². The molecule has 76 valence electrons. The van der Waals surface area contributed by atoms with Crippen LogP contribution in [0, 0.1) is 11.6 Å². The molecule has 1 aliphatic heterocycles. The third kappa shape index (κ3) is 1.56. The maximum absolute atomic E-state index is 13.3. The molecule has 0 saturated carbocycles. The molecule has 2 rings (SSSR count). The van der Waals surface area contributed by atoms with Gasteiger partial charge in [-0.05, 0) is 18.6 Å². The number of hydrazine groups is 1. The van der Waals surface area contributed by atoms with Gasteiger partial charge in [0.1, 0.15) is 5.69 Å². The molecule has 1 heterocycles. The molecule has 1 aromatic rings. The minimum Gasteiger partial charge on any atom is -0.314 e. The van der Waals surface area contributed by atoms with Crippen LogP contribution in [0.2, 0.25) is 0 Å². The molecule has 1 saturated heterocycles. The standard InChI is InChI=1S/C9H11F2N3/c10-6-2-1-3-7(11)9(6)14-5-4-8(12)13-14/h1-3,8,13H,4-5,12H2. The number of hydrogen-bond acceptors (Lipinski definition) is 3. The highest BCUT2D eigenvalue weighted by Crippen LogP contribution is 2.23. The summed E-state index contributed by atoms with van der Waals surface area (Å²) < 4.78 is 26.5. The zero-order valence-electron chi connectivity index (χ0n) is 7.50. The first kappa shape index (κ1) is 9.36. The number of nitrogens with two attached hydrogens (primary N) is 1. The van der Waals surface area contributed by atoms with E-state index in [2.05, 4.69) is 5.43 Å². The largest absolute Gasteiger partial charge is 0.314 e. The lowest BCUT2D eigenvalue weighted by Gasteiger charge is -2.19. The maximum atomic E-state index is 13.3. The first-order chi connectivity index (χ1) is 6.68. The highest BCUT2D eigenvalue weighted by Gasteiger charge is 2.23. The second-order valence-electron chi connectivity index (χ2n) is 3.25. The highest BCUT2D eigenvalue weighted by atomic mass is 19.1. The molecule has 3 N–H and O–H groups in total. The van der Waals surface area contributed by atoms with Crippen LogP contribution in [0.3, 0.4) is 0 Å². The second-order valence-corrected chi connectivity index (χ2v) is 3.25. The van der Waals surface area contributed by atoms with Crippen molar-refractivity contribution >= 4 is 5.69 Å². The summed E-state index contributed by atoms with van der Waals surface area (Å²) in [7, 11) is 0. The Morgan fingerprint density at radius 2 is 2.00 bits per heavy atom. The van der Waals surface area contributed by atoms with Gasteiger partial charge in [-0.15, -0.1) is 0 Å². The number of nitrogens with one attached hydrogen (secondary N) is 1. The maximum Gasteiger partial charge on any atom is 0.150 e. The summed E-state index contributed by atoms with van der Waals surface area (Å²) in [5, 5.41) is 1.41. The van der Waals surface area contributed by atoms with Crippen molar-refractivity contribution in [2.45, 2.75) is 12.6 Å². The van der Waals surface area contributed by atoms with E-state index in [1.807, 2.05) is 0 Å². The Kier molecular flexibility index (Phi) is 2.35. The van der Waals surface area contributed by atoms with E-state index in [4.69, 9.17) is 5.73 Å². The third-order valence-electron chi connectivity index (χ3n) is 2.19. The van der Waals surface area contributed by atoms with Crippen LogP contribution in [0.15, 0.2) is 18.2 Å². The number of halogens is 2. The van der Waals surface area contributed by atoms with E-state index in [1.54, 1.807) is 0 Å². The molecule has 1 fully saturated rings. The molecule has 0 spiro atoms. The zero-order chi connectivity index (χ0) is 10.1. The Hall–Kier alpha value is -1.20. The van der Waals surface area contributed by atoms with Crippen molar-refractivity contribution < 1.29 is 8.78 Å². The van der Waals surface area contributed by atoms with E-state index >= 15 is 0 Å². The normalized spacial score (nSPS) is 21.6. The van der Waals surface area contributed by atoms with Crippen LogP contribution in [0.1, 0.15) is 6.42 Å². The molecule has 1 atom stereocenters. The van der Waals surface area contributed by atoms with Gasteiger partial charge in [0.05, 0.1) is 6.17 Å². The van der Waals surface area contributed by atoms with Gasteiger partial charge in [0.15, 0.2) is 11.6 Å². The number of rotatable bonds is 1. The van der Waals surface area contributed by atoms with Crippen LogP contribution in [0.4, 0.5) is 14.5 Å². The average molecular weight is 199 g/mol. The van der Waals surface area contributed by atoms with E-state index < -0.39 is 11.6 Å². The summed E-state index contributed by atoms with van der Waals surface area (Å²) in [5.74, 6) is -1.15. The van der Waals surface area contributed by atoms with E-state index in [0.717, 1.165) is 0 Å². The van der Waals surface area contributed by atoms with Crippen molar-refractivity contribution in [1.29, 1.82) is 0 Å². The molecule has 5 heteroatoms. The molecule has 0 bridgehead atoms. The fraction of sp³-hybridized carbons (Fsp3) is 0.333. The number of hydrogen-bond donors (Lipinski definition) is 2. The number of anilines is 1. The second kappa shape index (κ2) is 3.51. The van der Waals surface area contributed by atoms with Crippen molar-refractivity contribution in [2.24, 2.45) is 5.73 Å². The molecule has 1 unspecified atom stereocenters. The van der Waals surface area contributed by atoms with Crippen LogP contribution < -0.4 is 16.2 Å². The van der Waals surface area contributed by atoms with Crippen LogP contribution in [-0.2, 0) is 0 Å². The molecule has 14 heavy (non-hydrogen) atoms. The monoisotopic (exact) mass is 199 g/mol. The van der Waals surface area contributed by atoms with Gasteiger partial charge < -0.3 is 10.7 Å². The Labute approximate surface area is 80.5 Å². The lowest BCUT2D eigenvalue weighted by molar-refractivity contribution is 0.554. The Morgan fingerprint density at radius 3 is 2.50 bits per heavy atom. The summed E-state index contributed by atoms with van der Waals surface area (Å²) in [6.45, 7) is 0.513. The van der Waals surface area contributed by atoms with Crippen molar-refractivity contribution in [1.82, 2.24) is 5.43 Å². The molecule has 1 aromatic carbocycles. The lowest BCUT2D eigenvalue weighted by Crippen LogP contribution is -2.40. The smallest absolute Gasteiger partial charge is 0.150 e. The quantitative estimate of drug-likeness (QED) is 0.708. The van der Waals surface area contributed by atoms with E-state index in [0.29, 0.717) is 13.0 Å². The van der Waals surface area contributed by atoms with Crippen LogP contribution in [0.5, 0.6) is 0 Å². The number of nitrogens with zero attached hydrogens (tertiary/aromatic N) is 1. The Morgan fingerprint density at radius 1 is 1.36 bits per heavy atom. The van der Waals surface area contributed by atoms with Crippen molar-refractivity contribution in [3.63, 3.8) is 0 Å². The first-order valence-electron chi connectivity index (χ1n) is 4.42. The van der Waals surface area contributed by atoms with Crippen molar-refractivity contribution in [3.8, 4) is 0 Å².